The van der Waals surface area contributed by atoms with Crippen molar-refractivity contribution in [2.24, 2.45) is 0 Å². The normalized spacial score (nSPS) is 24.0. The number of likely N-dealkylation sites (tertiary alicyclic amines) is 1. The average molecular weight is 636 g/mol. The summed E-state index contributed by atoms with van der Waals surface area (Å²) in [6, 6.07) is 18.9. The van der Waals surface area contributed by atoms with Gasteiger partial charge in [-0.2, -0.15) is 0 Å². The average Bonchev–Trinajstić information content (AvgIpc) is 3.44. The third-order valence-electron chi connectivity index (χ3n) is 8.36. The molecule has 0 spiro atoms. The Morgan fingerprint density at radius 3 is 2.31 bits per heavy atom. The Labute approximate surface area is 264 Å². The molecule has 1 aromatic heterocycles. The van der Waals surface area contributed by atoms with E-state index in [0.29, 0.717) is 34.1 Å². The molecule has 2 saturated heterocycles. The minimum atomic E-state index is -1.55. The second kappa shape index (κ2) is 13.8. The predicted molar refractivity (Wildman–Crippen MR) is 169 cm³/mol. The summed E-state index contributed by atoms with van der Waals surface area (Å²) in [6.45, 7) is 3.13. The van der Waals surface area contributed by atoms with Crippen molar-refractivity contribution >= 4 is 27.2 Å². The van der Waals surface area contributed by atoms with Crippen LogP contribution in [0.25, 0.3) is 20.5 Å². The van der Waals surface area contributed by atoms with Crippen LogP contribution in [0, 0.1) is 0 Å². The maximum Gasteiger partial charge on any atom is 0.229 e. The highest BCUT2D eigenvalue weighted by Crippen LogP contribution is 2.42. The fourth-order valence-electron chi connectivity index (χ4n) is 5.82. The minimum Gasteiger partial charge on any atom is -0.508 e. The zero-order chi connectivity index (χ0) is 31.5. The minimum absolute atomic E-state index is 0.101. The second-order valence-electron chi connectivity index (χ2n) is 11.4. The number of ether oxygens (including phenoxy) is 3. The quantitative estimate of drug-likeness (QED) is 0.164. The summed E-state index contributed by atoms with van der Waals surface area (Å²) >= 11 is 1.38. The van der Waals surface area contributed by atoms with Crippen molar-refractivity contribution in [2.75, 3.05) is 32.8 Å². The van der Waals surface area contributed by atoms with Gasteiger partial charge < -0.3 is 39.7 Å². The van der Waals surface area contributed by atoms with Gasteiger partial charge in [0.05, 0.1) is 6.61 Å². The van der Waals surface area contributed by atoms with Crippen LogP contribution < -0.4 is 9.47 Å². The summed E-state index contributed by atoms with van der Waals surface area (Å²) < 4.78 is 17.9. The summed E-state index contributed by atoms with van der Waals surface area (Å²) in [4.78, 5) is 17.1. The van der Waals surface area contributed by atoms with E-state index in [2.05, 4.69) is 4.90 Å². The molecule has 6 rings (SSSR count). The molecule has 5 N–H and O–H groups in total. The van der Waals surface area contributed by atoms with Gasteiger partial charge in [-0.15, -0.1) is 11.3 Å². The molecule has 2 fully saturated rings. The molecule has 238 valence electrons. The number of aromatic hydroxyl groups is 1. The number of phenolic OH excluding ortho intramolecular Hbond substituents is 1. The number of carbonyl (C=O) groups is 1. The van der Waals surface area contributed by atoms with Crippen LogP contribution in [-0.4, -0.2) is 99.8 Å². The molecule has 10 nitrogen and oxygen atoms in total. The molecule has 11 heteroatoms. The van der Waals surface area contributed by atoms with Gasteiger partial charge in [0.25, 0.3) is 0 Å². The lowest BCUT2D eigenvalue weighted by molar-refractivity contribution is -0.277. The van der Waals surface area contributed by atoms with Gasteiger partial charge in [0.2, 0.25) is 6.29 Å². The number of ketones is 1. The molecule has 0 aliphatic carbocycles. The first kappa shape index (κ1) is 31.4. The van der Waals surface area contributed by atoms with Gasteiger partial charge in [-0.25, -0.2) is 0 Å². The Balaban J connectivity index is 1.21. The van der Waals surface area contributed by atoms with Crippen molar-refractivity contribution in [3.05, 3.63) is 77.9 Å². The fraction of sp³-hybridized carbons (Fsp3) is 0.382. The summed E-state index contributed by atoms with van der Waals surface area (Å²) in [5.74, 6) is 0.955. The Morgan fingerprint density at radius 1 is 0.889 bits per heavy atom. The molecule has 3 aromatic carbocycles. The lowest BCUT2D eigenvalue weighted by Crippen LogP contribution is -2.60. The first-order valence-electron chi connectivity index (χ1n) is 15.2. The van der Waals surface area contributed by atoms with E-state index in [1.807, 2.05) is 12.1 Å². The zero-order valence-corrected chi connectivity index (χ0v) is 25.4. The number of hydrogen-bond acceptors (Lipinski definition) is 11. The highest BCUT2D eigenvalue weighted by Gasteiger charge is 2.44. The SMILES string of the molecule is O=C(c1ccc(OCCN2CCCCC2)cc1)c1c(-c2ccc(O[C@@H]3O[C@H](CO)[C@@H](O)[C@H](O)[C@H]3O)cc2)sc2cc(O)ccc12. The largest absolute Gasteiger partial charge is 0.508 e. The molecule has 3 heterocycles. The maximum atomic E-state index is 14.0. The molecular formula is C34H37NO9S. The van der Waals surface area contributed by atoms with Gasteiger partial charge in [-0.3, -0.25) is 9.69 Å². The number of carbonyl (C=O) groups excluding carboxylic acids is 1. The van der Waals surface area contributed by atoms with Crippen LogP contribution >= 0.6 is 11.3 Å². The smallest absolute Gasteiger partial charge is 0.229 e. The van der Waals surface area contributed by atoms with Crippen LogP contribution in [0.15, 0.2) is 66.7 Å². The van der Waals surface area contributed by atoms with E-state index >= 15 is 0 Å². The maximum absolute atomic E-state index is 14.0. The molecule has 4 aromatic rings. The van der Waals surface area contributed by atoms with Crippen molar-refractivity contribution in [3.63, 3.8) is 0 Å². The molecule has 5 atom stereocenters. The lowest BCUT2D eigenvalue weighted by atomic mass is 9.97. The predicted octanol–water partition coefficient (Wildman–Crippen LogP) is 3.55. The van der Waals surface area contributed by atoms with Crippen molar-refractivity contribution < 1.29 is 44.5 Å². The third-order valence-corrected chi connectivity index (χ3v) is 9.56. The molecular weight excluding hydrogens is 598 g/mol. The van der Waals surface area contributed by atoms with Crippen LogP contribution in [0.1, 0.15) is 35.2 Å². The first-order valence-corrected chi connectivity index (χ1v) is 16.0. The number of aliphatic hydroxyl groups is 4. The van der Waals surface area contributed by atoms with Crippen LogP contribution in [-0.2, 0) is 4.74 Å². The Bertz CT molecular complexity index is 1600. The highest BCUT2D eigenvalue weighted by atomic mass is 32.1. The zero-order valence-electron chi connectivity index (χ0n) is 24.6. The summed E-state index contributed by atoms with van der Waals surface area (Å²) in [5.41, 5.74) is 1.75. The lowest BCUT2D eigenvalue weighted by Gasteiger charge is -2.39. The van der Waals surface area contributed by atoms with E-state index < -0.39 is 37.3 Å². The molecule has 2 aliphatic heterocycles. The van der Waals surface area contributed by atoms with Crippen molar-refractivity contribution in [2.45, 2.75) is 50.0 Å². The molecule has 0 radical (unpaired) electrons. The summed E-state index contributed by atoms with van der Waals surface area (Å²) in [6.07, 6.45) is -3.21. The molecule has 2 aliphatic rings. The van der Waals surface area contributed by atoms with E-state index in [0.717, 1.165) is 35.3 Å². The fourth-order valence-corrected chi connectivity index (χ4v) is 7.06. The van der Waals surface area contributed by atoms with E-state index in [4.69, 9.17) is 14.2 Å². The molecule has 0 saturated carbocycles. The molecule has 45 heavy (non-hydrogen) atoms. The highest BCUT2D eigenvalue weighted by molar-refractivity contribution is 7.22. The molecule has 0 unspecified atom stereocenters. The van der Waals surface area contributed by atoms with Crippen LogP contribution in [0.2, 0.25) is 0 Å². The van der Waals surface area contributed by atoms with Gasteiger partial charge in [0, 0.05) is 32.6 Å². The number of phenols is 1. The Hall–Kier alpha value is -3.55. The number of thiophene rings is 1. The summed E-state index contributed by atoms with van der Waals surface area (Å²) in [7, 11) is 0. The number of piperidine rings is 1. The van der Waals surface area contributed by atoms with E-state index in [9.17, 15) is 30.3 Å². The van der Waals surface area contributed by atoms with Gasteiger partial charge in [0.15, 0.2) is 5.78 Å². The van der Waals surface area contributed by atoms with Crippen molar-refractivity contribution in [1.29, 1.82) is 0 Å². The van der Waals surface area contributed by atoms with E-state index in [-0.39, 0.29) is 11.5 Å². The van der Waals surface area contributed by atoms with Crippen LogP contribution in [0.5, 0.6) is 17.2 Å². The van der Waals surface area contributed by atoms with E-state index in [1.54, 1.807) is 54.6 Å². The number of aliphatic hydroxyl groups excluding tert-OH is 4. The number of nitrogens with zero attached hydrogens (tertiary/aromatic N) is 1. The number of fused-ring (bicyclic) bond motifs is 1. The number of rotatable bonds is 10. The topological polar surface area (TPSA) is 149 Å². The van der Waals surface area contributed by atoms with Gasteiger partial charge >= 0.3 is 0 Å². The second-order valence-corrected chi connectivity index (χ2v) is 12.5. The number of hydrogen-bond donors (Lipinski definition) is 5. The van der Waals surface area contributed by atoms with Crippen LogP contribution in [0.4, 0.5) is 0 Å². The Morgan fingerprint density at radius 2 is 1.60 bits per heavy atom. The van der Waals surface area contributed by atoms with Gasteiger partial charge in [-0.1, -0.05) is 6.42 Å². The standard InChI is InChI=1S/C34H37NO9S/c36-19-26-30(39)31(40)32(41)34(44-26)43-24-11-6-21(7-12-24)33-28(25-13-8-22(37)18-27(25)45-33)29(38)20-4-9-23(10-5-20)42-17-16-35-14-2-1-3-15-35/h4-13,18,26,30-32,34,36-37,39-41H,1-3,14-17,19H2/t26-,30-,31+,32-,34-/m1/s1. The Kier molecular flexibility index (Phi) is 9.67. The molecule has 0 amide bonds. The number of benzene rings is 3. The third kappa shape index (κ3) is 6.85. The van der Waals surface area contributed by atoms with Crippen LogP contribution in [0.3, 0.4) is 0 Å². The van der Waals surface area contributed by atoms with Crippen molar-refractivity contribution in [3.8, 4) is 27.7 Å². The van der Waals surface area contributed by atoms with Crippen molar-refractivity contribution in [1.82, 2.24) is 4.90 Å². The van der Waals surface area contributed by atoms with Gasteiger partial charge in [-0.05, 0) is 98.2 Å². The monoisotopic (exact) mass is 635 g/mol. The molecule has 0 bridgehead atoms. The first-order chi connectivity index (χ1) is 21.8. The van der Waals surface area contributed by atoms with Gasteiger partial charge in [0.1, 0.15) is 48.3 Å². The van der Waals surface area contributed by atoms with E-state index in [1.165, 1.54) is 30.6 Å². The summed E-state index contributed by atoms with van der Waals surface area (Å²) in [5, 5.41) is 50.7.